The molecule has 1 aromatic carbocycles. The monoisotopic (exact) mass is 266 g/mol. The SMILES string of the molecule is O=C(O)C(Cc1cccc(F)c1)C1CCCCC1O. The quantitative estimate of drug-likeness (QED) is 0.880. The second-order valence-electron chi connectivity index (χ2n) is 5.29. The topological polar surface area (TPSA) is 57.5 Å². The van der Waals surface area contributed by atoms with Gasteiger partial charge in [0.25, 0.3) is 0 Å². The van der Waals surface area contributed by atoms with E-state index in [0.717, 1.165) is 19.3 Å². The van der Waals surface area contributed by atoms with Crippen LogP contribution in [0.15, 0.2) is 24.3 Å². The second kappa shape index (κ2) is 6.15. The molecule has 0 bridgehead atoms. The van der Waals surface area contributed by atoms with Gasteiger partial charge in [-0.1, -0.05) is 25.0 Å². The molecule has 19 heavy (non-hydrogen) atoms. The summed E-state index contributed by atoms with van der Waals surface area (Å²) in [6.45, 7) is 0. The van der Waals surface area contributed by atoms with Crippen molar-refractivity contribution in [1.82, 2.24) is 0 Å². The van der Waals surface area contributed by atoms with Crippen LogP contribution in [0.3, 0.4) is 0 Å². The van der Waals surface area contributed by atoms with Crippen LogP contribution in [0.25, 0.3) is 0 Å². The van der Waals surface area contributed by atoms with Crippen LogP contribution in [0.1, 0.15) is 31.2 Å². The lowest BCUT2D eigenvalue weighted by Crippen LogP contribution is -2.36. The molecule has 1 aromatic rings. The van der Waals surface area contributed by atoms with Gasteiger partial charge in [-0.25, -0.2) is 4.39 Å². The number of aliphatic hydroxyl groups excluding tert-OH is 1. The van der Waals surface area contributed by atoms with E-state index in [4.69, 9.17) is 0 Å². The molecule has 2 rings (SSSR count). The fourth-order valence-electron chi connectivity index (χ4n) is 2.95. The summed E-state index contributed by atoms with van der Waals surface area (Å²) in [5.41, 5.74) is 0.671. The van der Waals surface area contributed by atoms with Gasteiger partial charge in [0, 0.05) is 0 Å². The molecule has 1 aliphatic carbocycles. The van der Waals surface area contributed by atoms with Gasteiger partial charge < -0.3 is 10.2 Å². The van der Waals surface area contributed by atoms with Crippen molar-refractivity contribution in [2.24, 2.45) is 11.8 Å². The van der Waals surface area contributed by atoms with Crippen molar-refractivity contribution < 1.29 is 19.4 Å². The van der Waals surface area contributed by atoms with E-state index < -0.39 is 18.0 Å². The zero-order chi connectivity index (χ0) is 13.8. The smallest absolute Gasteiger partial charge is 0.307 e. The first kappa shape index (κ1) is 14.0. The van der Waals surface area contributed by atoms with Crippen LogP contribution in [0.2, 0.25) is 0 Å². The van der Waals surface area contributed by atoms with Gasteiger partial charge in [0.2, 0.25) is 0 Å². The van der Waals surface area contributed by atoms with Gasteiger partial charge in [0.15, 0.2) is 0 Å². The molecule has 0 aliphatic heterocycles. The van der Waals surface area contributed by atoms with Crippen molar-refractivity contribution in [2.45, 2.75) is 38.2 Å². The minimum atomic E-state index is -0.907. The first-order valence-corrected chi connectivity index (χ1v) is 6.73. The van der Waals surface area contributed by atoms with Crippen LogP contribution in [0.5, 0.6) is 0 Å². The number of rotatable bonds is 4. The zero-order valence-electron chi connectivity index (χ0n) is 10.8. The van der Waals surface area contributed by atoms with E-state index in [0.29, 0.717) is 12.0 Å². The molecule has 0 saturated heterocycles. The van der Waals surface area contributed by atoms with E-state index in [1.165, 1.54) is 12.1 Å². The summed E-state index contributed by atoms with van der Waals surface area (Å²) >= 11 is 0. The fraction of sp³-hybridized carbons (Fsp3) is 0.533. The van der Waals surface area contributed by atoms with Crippen molar-refractivity contribution in [3.63, 3.8) is 0 Å². The molecule has 1 aliphatic rings. The molecular formula is C15H19FO3. The number of halogens is 1. The Bertz CT molecular complexity index is 447. The summed E-state index contributed by atoms with van der Waals surface area (Å²) in [6.07, 6.45) is 3.02. The van der Waals surface area contributed by atoms with Gasteiger partial charge in [0.1, 0.15) is 5.82 Å². The minimum absolute atomic E-state index is 0.227. The largest absolute Gasteiger partial charge is 0.481 e. The number of aliphatic hydroxyl groups is 1. The zero-order valence-corrected chi connectivity index (χ0v) is 10.8. The van der Waals surface area contributed by atoms with E-state index in [2.05, 4.69) is 0 Å². The van der Waals surface area contributed by atoms with Gasteiger partial charge in [0.05, 0.1) is 12.0 Å². The molecule has 1 saturated carbocycles. The predicted molar refractivity (Wildman–Crippen MR) is 69.2 cm³/mol. The third kappa shape index (κ3) is 3.53. The van der Waals surface area contributed by atoms with E-state index in [-0.39, 0.29) is 18.2 Å². The Balaban J connectivity index is 2.14. The van der Waals surface area contributed by atoms with Crippen LogP contribution >= 0.6 is 0 Å². The lowest BCUT2D eigenvalue weighted by Gasteiger charge is -2.32. The highest BCUT2D eigenvalue weighted by Crippen LogP contribution is 2.32. The van der Waals surface area contributed by atoms with Crippen molar-refractivity contribution in [2.75, 3.05) is 0 Å². The number of hydrogen-bond donors (Lipinski definition) is 2. The maximum Gasteiger partial charge on any atom is 0.307 e. The molecular weight excluding hydrogens is 247 g/mol. The van der Waals surface area contributed by atoms with Crippen LogP contribution in [0.4, 0.5) is 4.39 Å². The molecule has 0 spiro atoms. The highest BCUT2D eigenvalue weighted by molar-refractivity contribution is 5.71. The number of benzene rings is 1. The summed E-state index contributed by atoms with van der Waals surface area (Å²) in [5.74, 6) is -2.13. The lowest BCUT2D eigenvalue weighted by molar-refractivity contribution is -0.146. The highest BCUT2D eigenvalue weighted by atomic mass is 19.1. The second-order valence-corrected chi connectivity index (χ2v) is 5.29. The maximum atomic E-state index is 13.1. The Hall–Kier alpha value is -1.42. The minimum Gasteiger partial charge on any atom is -0.481 e. The average molecular weight is 266 g/mol. The molecule has 0 amide bonds. The molecule has 1 fully saturated rings. The third-order valence-corrected chi connectivity index (χ3v) is 3.96. The van der Waals surface area contributed by atoms with E-state index in [1.807, 2.05) is 0 Å². The van der Waals surface area contributed by atoms with Crippen LogP contribution in [0, 0.1) is 17.7 Å². The summed E-state index contributed by atoms with van der Waals surface area (Å²) in [6, 6.07) is 6.02. The summed E-state index contributed by atoms with van der Waals surface area (Å²) in [4.78, 5) is 11.4. The van der Waals surface area contributed by atoms with Crippen molar-refractivity contribution in [1.29, 1.82) is 0 Å². The first-order valence-electron chi connectivity index (χ1n) is 6.73. The van der Waals surface area contributed by atoms with E-state index >= 15 is 0 Å². The highest BCUT2D eigenvalue weighted by Gasteiger charge is 2.35. The number of carbonyl (C=O) groups is 1. The predicted octanol–water partition coefficient (Wildman–Crippen LogP) is 2.62. The molecule has 4 heteroatoms. The Morgan fingerprint density at radius 2 is 2.11 bits per heavy atom. The summed E-state index contributed by atoms with van der Waals surface area (Å²) in [7, 11) is 0. The van der Waals surface area contributed by atoms with Gasteiger partial charge in [-0.3, -0.25) is 4.79 Å². The molecule has 3 nitrogen and oxygen atoms in total. The Labute approximate surface area is 112 Å². The van der Waals surface area contributed by atoms with Crippen molar-refractivity contribution >= 4 is 5.97 Å². The van der Waals surface area contributed by atoms with Gasteiger partial charge in [-0.05, 0) is 42.9 Å². The van der Waals surface area contributed by atoms with Crippen molar-refractivity contribution in [3.8, 4) is 0 Å². The van der Waals surface area contributed by atoms with E-state index in [9.17, 15) is 19.4 Å². The van der Waals surface area contributed by atoms with Gasteiger partial charge in [-0.15, -0.1) is 0 Å². The molecule has 3 atom stereocenters. The Morgan fingerprint density at radius 3 is 2.74 bits per heavy atom. The molecule has 2 N–H and O–H groups in total. The molecule has 3 unspecified atom stereocenters. The van der Waals surface area contributed by atoms with Crippen LogP contribution in [-0.2, 0) is 11.2 Å². The average Bonchev–Trinajstić information content (AvgIpc) is 2.37. The van der Waals surface area contributed by atoms with Crippen LogP contribution < -0.4 is 0 Å². The molecule has 0 radical (unpaired) electrons. The number of carboxylic acid groups (broad SMARTS) is 1. The summed E-state index contributed by atoms with van der Waals surface area (Å²) in [5, 5.41) is 19.4. The molecule has 0 heterocycles. The number of carboxylic acids is 1. The number of hydrogen-bond acceptors (Lipinski definition) is 2. The normalized spacial score (nSPS) is 24.9. The van der Waals surface area contributed by atoms with Gasteiger partial charge in [-0.2, -0.15) is 0 Å². The Kier molecular flexibility index (Phi) is 4.53. The Morgan fingerprint density at radius 1 is 1.37 bits per heavy atom. The maximum absolute atomic E-state index is 13.1. The molecule has 0 aromatic heterocycles. The molecule has 104 valence electrons. The fourth-order valence-corrected chi connectivity index (χ4v) is 2.95. The first-order chi connectivity index (χ1) is 9.08. The summed E-state index contributed by atoms with van der Waals surface area (Å²) < 4.78 is 13.1. The van der Waals surface area contributed by atoms with Crippen molar-refractivity contribution in [3.05, 3.63) is 35.6 Å². The number of aliphatic carboxylic acids is 1. The third-order valence-electron chi connectivity index (χ3n) is 3.96. The van der Waals surface area contributed by atoms with Gasteiger partial charge >= 0.3 is 5.97 Å². The van der Waals surface area contributed by atoms with E-state index in [1.54, 1.807) is 12.1 Å². The lowest BCUT2D eigenvalue weighted by atomic mass is 9.75. The van der Waals surface area contributed by atoms with Crippen LogP contribution in [-0.4, -0.2) is 22.3 Å². The standard InChI is InChI=1S/C15H19FO3/c16-11-5-3-4-10(8-11)9-13(15(18)19)12-6-1-2-7-14(12)17/h3-5,8,12-14,17H,1-2,6-7,9H2,(H,18,19).